The number of nitrogens with zero attached hydrogens (tertiary/aromatic N) is 1. The van der Waals surface area contributed by atoms with Crippen LogP contribution in [0.2, 0.25) is 5.02 Å². The fraction of sp³-hybridized carbons (Fsp3) is 0.273. The van der Waals surface area contributed by atoms with E-state index in [0.717, 1.165) is 25.3 Å². The van der Waals surface area contributed by atoms with E-state index in [1.165, 1.54) is 11.1 Å². The highest BCUT2D eigenvalue weighted by atomic mass is 35.5. The van der Waals surface area contributed by atoms with Gasteiger partial charge in [-0.05, 0) is 47.4 Å². The Morgan fingerprint density at radius 1 is 1.07 bits per heavy atom. The number of nitrogens with one attached hydrogen (secondary N) is 1. The Kier molecular flexibility index (Phi) is 6.06. The number of hydrogen-bond acceptors (Lipinski definition) is 4. The Balaban J connectivity index is 1.48. The maximum Gasteiger partial charge on any atom is 0.215 e. The molecule has 0 bridgehead atoms. The van der Waals surface area contributed by atoms with Crippen molar-refractivity contribution >= 4 is 21.6 Å². The van der Waals surface area contributed by atoms with Gasteiger partial charge in [0.25, 0.3) is 0 Å². The molecule has 29 heavy (non-hydrogen) atoms. The third kappa shape index (κ3) is 5.08. The van der Waals surface area contributed by atoms with E-state index in [0.29, 0.717) is 10.6 Å². The number of rotatable bonds is 7. The molecule has 152 valence electrons. The molecule has 4 rings (SSSR count). The first-order valence-electron chi connectivity index (χ1n) is 9.56. The van der Waals surface area contributed by atoms with Crippen LogP contribution in [0.5, 0.6) is 0 Å². The van der Waals surface area contributed by atoms with Gasteiger partial charge in [0.1, 0.15) is 5.76 Å². The van der Waals surface area contributed by atoms with E-state index >= 15 is 0 Å². The molecule has 0 unspecified atom stereocenters. The minimum Gasteiger partial charge on any atom is -0.468 e. The molecule has 3 aromatic rings. The highest BCUT2D eigenvalue weighted by Crippen LogP contribution is 2.28. The van der Waals surface area contributed by atoms with Crippen molar-refractivity contribution in [1.29, 1.82) is 0 Å². The van der Waals surface area contributed by atoms with Gasteiger partial charge in [-0.25, -0.2) is 13.1 Å². The molecule has 2 heterocycles. The van der Waals surface area contributed by atoms with E-state index in [1.54, 1.807) is 30.5 Å². The van der Waals surface area contributed by atoms with Gasteiger partial charge in [0, 0.05) is 24.7 Å². The molecular weight excluding hydrogens is 408 g/mol. The summed E-state index contributed by atoms with van der Waals surface area (Å²) < 4.78 is 33.7. The van der Waals surface area contributed by atoms with Crippen LogP contribution in [0.3, 0.4) is 0 Å². The fourth-order valence-electron chi connectivity index (χ4n) is 3.78. The molecule has 1 aliphatic heterocycles. The lowest BCUT2D eigenvalue weighted by Crippen LogP contribution is -2.40. The molecule has 0 amide bonds. The van der Waals surface area contributed by atoms with E-state index in [9.17, 15) is 8.42 Å². The summed E-state index contributed by atoms with van der Waals surface area (Å²) in [5.74, 6) is 0.649. The monoisotopic (exact) mass is 430 g/mol. The summed E-state index contributed by atoms with van der Waals surface area (Å²) in [6, 6.07) is 18.9. The SMILES string of the molecule is O=S(=O)(Cc1cccc(Cl)c1)NC[C@@H](c1ccco1)N1CCc2ccccc2C1. The van der Waals surface area contributed by atoms with Crippen LogP contribution in [0, 0.1) is 0 Å². The molecule has 0 aliphatic carbocycles. The Morgan fingerprint density at radius 2 is 1.90 bits per heavy atom. The summed E-state index contributed by atoms with van der Waals surface area (Å²) >= 11 is 5.98. The van der Waals surface area contributed by atoms with Gasteiger partial charge >= 0.3 is 0 Å². The third-order valence-corrected chi connectivity index (χ3v) is 6.77. The maximum absolute atomic E-state index is 12.7. The van der Waals surface area contributed by atoms with Crippen molar-refractivity contribution in [2.75, 3.05) is 13.1 Å². The summed E-state index contributed by atoms with van der Waals surface area (Å²) in [6.45, 7) is 1.86. The van der Waals surface area contributed by atoms with Gasteiger partial charge < -0.3 is 4.42 Å². The number of sulfonamides is 1. The van der Waals surface area contributed by atoms with Gasteiger partial charge in [-0.2, -0.15) is 0 Å². The van der Waals surface area contributed by atoms with Crippen molar-refractivity contribution in [3.8, 4) is 0 Å². The first kappa shape index (κ1) is 20.2. The molecule has 0 radical (unpaired) electrons. The fourth-order valence-corrected chi connectivity index (χ4v) is 5.12. The van der Waals surface area contributed by atoms with Crippen molar-refractivity contribution < 1.29 is 12.8 Å². The highest BCUT2D eigenvalue weighted by molar-refractivity contribution is 7.88. The van der Waals surface area contributed by atoms with Crippen molar-refractivity contribution in [3.63, 3.8) is 0 Å². The first-order chi connectivity index (χ1) is 14.0. The van der Waals surface area contributed by atoms with Crippen LogP contribution >= 0.6 is 11.6 Å². The van der Waals surface area contributed by atoms with E-state index in [4.69, 9.17) is 16.0 Å². The van der Waals surface area contributed by atoms with E-state index in [1.807, 2.05) is 18.2 Å². The largest absolute Gasteiger partial charge is 0.468 e. The Bertz CT molecular complexity index is 1070. The number of benzene rings is 2. The number of furan rings is 1. The average molecular weight is 431 g/mol. The van der Waals surface area contributed by atoms with Crippen molar-refractivity contribution in [3.05, 3.63) is 94.4 Å². The standard InChI is InChI=1S/C22H23ClN2O3S/c23-20-8-3-5-17(13-20)16-29(26,27)24-14-21(22-9-4-12-28-22)25-11-10-18-6-1-2-7-19(18)15-25/h1-9,12-13,21,24H,10-11,14-16H2/t21-/m0/s1. The van der Waals surface area contributed by atoms with Crippen LogP contribution in [0.1, 0.15) is 28.5 Å². The van der Waals surface area contributed by atoms with Crippen LogP contribution in [0.15, 0.2) is 71.3 Å². The second-order valence-corrected chi connectivity index (χ2v) is 9.50. The average Bonchev–Trinajstić information content (AvgIpc) is 3.22. The quantitative estimate of drug-likeness (QED) is 0.611. The summed E-state index contributed by atoms with van der Waals surface area (Å²) in [6.07, 6.45) is 2.56. The molecule has 1 aliphatic rings. The summed E-state index contributed by atoms with van der Waals surface area (Å²) in [4.78, 5) is 2.27. The van der Waals surface area contributed by atoms with Crippen molar-refractivity contribution in [1.82, 2.24) is 9.62 Å². The lowest BCUT2D eigenvalue weighted by atomic mass is 9.98. The second-order valence-electron chi connectivity index (χ2n) is 7.26. The van der Waals surface area contributed by atoms with Crippen molar-refractivity contribution in [2.45, 2.75) is 24.8 Å². The number of halogens is 1. The number of hydrogen-bond donors (Lipinski definition) is 1. The zero-order valence-corrected chi connectivity index (χ0v) is 17.5. The lowest BCUT2D eigenvalue weighted by Gasteiger charge is -2.34. The highest BCUT2D eigenvalue weighted by Gasteiger charge is 2.28. The molecule has 1 N–H and O–H groups in total. The molecule has 0 spiro atoms. The first-order valence-corrected chi connectivity index (χ1v) is 11.6. The minimum atomic E-state index is -3.51. The molecule has 1 atom stereocenters. The van der Waals surface area contributed by atoms with Crippen LogP contribution in [-0.2, 0) is 28.7 Å². The molecule has 7 heteroatoms. The normalized spacial score (nSPS) is 15.8. The summed E-state index contributed by atoms with van der Waals surface area (Å²) in [5, 5.41) is 0.526. The second kappa shape index (κ2) is 8.71. The Labute approximate surface area is 176 Å². The molecule has 0 fully saturated rings. The van der Waals surface area contributed by atoms with Crippen LogP contribution in [-0.4, -0.2) is 26.4 Å². The van der Waals surface area contributed by atoms with Crippen LogP contribution in [0.25, 0.3) is 0 Å². The van der Waals surface area contributed by atoms with E-state index in [-0.39, 0.29) is 18.3 Å². The van der Waals surface area contributed by atoms with Gasteiger partial charge in [-0.15, -0.1) is 0 Å². The maximum atomic E-state index is 12.7. The van der Waals surface area contributed by atoms with Crippen LogP contribution < -0.4 is 4.72 Å². The molecule has 0 saturated heterocycles. The third-order valence-electron chi connectivity index (χ3n) is 5.21. The summed E-state index contributed by atoms with van der Waals surface area (Å²) in [5.41, 5.74) is 3.28. The zero-order valence-electron chi connectivity index (χ0n) is 15.9. The predicted octanol–water partition coefficient (Wildman–Crippen LogP) is 4.15. The number of fused-ring (bicyclic) bond motifs is 1. The molecular formula is C22H23ClN2O3S. The smallest absolute Gasteiger partial charge is 0.215 e. The zero-order chi connectivity index (χ0) is 20.3. The minimum absolute atomic E-state index is 0.110. The van der Waals surface area contributed by atoms with E-state index < -0.39 is 10.0 Å². The topological polar surface area (TPSA) is 62.6 Å². The molecule has 5 nitrogen and oxygen atoms in total. The lowest BCUT2D eigenvalue weighted by molar-refractivity contribution is 0.160. The predicted molar refractivity (Wildman–Crippen MR) is 114 cm³/mol. The van der Waals surface area contributed by atoms with Crippen molar-refractivity contribution in [2.24, 2.45) is 0 Å². The van der Waals surface area contributed by atoms with Gasteiger partial charge in [-0.1, -0.05) is 48.0 Å². The summed E-state index contributed by atoms with van der Waals surface area (Å²) in [7, 11) is -3.51. The van der Waals surface area contributed by atoms with Gasteiger partial charge in [-0.3, -0.25) is 4.90 Å². The Hall–Kier alpha value is -2.12. The van der Waals surface area contributed by atoms with Crippen LogP contribution in [0.4, 0.5) is 0 Å². The molecule has 1 aromatic heterocycles. The van der Waals surface area contributed by atoms with Gasteiger partial charge in [0.2, 0.25) is 10.0 Å². The Morgan fingerprint density at radius 3 is 2.66 bits per heavy atom. The van der Waals surface area contributed by atoms with Gasteiger partial charge in [0.15, 0.2) is 0 Å². The molecule has 2 aromatic carbocycles. The molecule has 0 saturated carbocycles. The van der Waals surface area contributed by atoms with E-state index in [2.05, 4.69) is 27.8 Å². The van der Waals surface area contributed by atoms with Gasteiger partial charge in [0.05, 0.1) is 18.1 Å².